The summed E-state index contributed by atoms with van der Waals surface area (Å²) < 4.78 is 0. The van der Waals surface area contributed by atoms with Gasteiger partial charge in [0.05, 0.1) is 5.69 Å². The van der Waals surface area contributed by atoms with Crippen LogP contribution in [0.15, 0.2) is 24.3 Å². The Balaban J connectivity index is 1.74. The molecular weight excluding hydrogens is 266 g/mol. The Kier molecular flexibility index (Phi) is 3.69. The maximum absolute atomic E-state index is 5.52. The van der Waals surface area contributed by atoms with Crippen LogP contribution in [0.4, 0.5) is 5.69 Å². The number of hydrogen-bond donors (Lipinski definition) is 2. The molecule has 1 spiro atoms. The Labute approximate surface area is 126 Å². The number of hydrogen-bond acceptors (Lipinski definition) is 2. The van der Waals surface area contributed by atoms with Crippen LogP contribution in [0.3, 0.4) is 0 Å². The number of anilines is 1. The second-order valence-corrected chi connectivity index (χ2v) is 6.53. The van der Waals surface area contributed by atoms with Crippen molar-refractivity contribution < 1.29 is 0 Å². The number of nitrogens with one attached hydrogen (secondary N) is 2. The van der Waals surface area contributed by atoms with Crippen LogP contribution >= 0.6 is 12.2 Å². The van der Waals surface area contributed by atoms with Gasteiger partial charge in [0.1, 0.15) is 5.66 Å². The third kappa shape index (κ3) is 2.54. The van der Waals surface area contributed by atoms with Crippen LogP contribution < -0.4 is 15.8 Å². The zero-order valence-corrected chi connectivity index (χ0v) is 13.1. The molecule has 0 bridgehead atoms. The first-order valence-corrected chi connectivity index (χ1v) is 7.99. The maximum atomic E-state index is 5.52. The molecule has 2 aliphatic rings. The van der Waals surface area contributed by atoms with Crippen LogP contribution in [0.25, 0.3) is 0 Å². The van der Waals surface area contributed by atoms with Crippen molar-refractivity contribution in [3.63, 3.8) is 0 Å². The molecule has 1 heterocycles. The van der Waals surface area contributed by atoms with Crippen molar-refractivity contribution in [1.82, 2.24) is 10.7 Å². The van der Waals surface area contributed by atoms with E-state index in [9.17, 15) is 0 Å². The van der Waals surface area contributed by atoms with Gasteiger partial charge in [0.2, 0.25) is 0 Å². The molecule has 1 aromatic carbocycles. The molecular formula is C16H23N3S. The normalized spacial score (nSPS) is 29.8. The molecule has 1 aliphatic heterocycles. The highest BCUT2D eigenvalue weighted by atomic mass is 32.1. The Morgan fingerprint density at radius 1 is 1.25 bits per heavy atom. The van der Waals surface area contributed by atoms with Gasteiger partial charge in [-0.05, 0) is 62.9 Å². The lowest BCUT2D eigenvalue weighted by molar-refractivity contribution is 0.189. The van der Waals surface area contributed by atoms with Crippen LogP contribution in [-0.4, -0.2) is 10.8 Å². The van der Waals surface area contributed by atoms with E-state index in [1.165, 1.54) is 24.8 Å². The summed E-state index contributed by atoms with van der Waals surface area (Å²) >= 11 is 5.52. The monoisotopic (exact) mass is 289 g/mol. The largest absolute Gasteiger partial charge is 0.342 e. The van der Waals surface area contributed by atoms with E-state index in [-0.39, 0.29) is 5.66 Å². The molecule has 1 aliphatic carbocycles. The minimum absolute atomic E-state index is 0.0202. The quantitative estimate of drug-likeness (QED) is 0.815. The van der Waals surface area contributed by atoms with Crippen LogP contribution in [0.1, 0.15) is 44.6 Å². The van der Waals surface area contributed by atoms with Crippen LogP contribution in [-0.2, 0) is 0 Å². The van der Waals surface area contributed by atoms with Crippen LogP contribution in [0.5, 0.6) is 0 Å². The summed E-state index contributed by atoms with van der Waals surface area (Å²) in [5.41, 5.74) is 5.98. The maximum Gasteiger partial charge on any atom is 0.189 e. The average Bonchev–Trinajstić information content (AvgIpc) is 2.77. The highest BCUT2D eigenvalue weighted by molar-refractivity contribution is 7.80. The molecule has 2 fully saturated rings. The Hall–Kier alpha value is -1.13. The van der Waals surface area contributed by atoms with E-state index in [4.69, 9.17) is 12.2 Å². The molecule has 20 heavy (non-hydrogen) atoms. The van der Waals surface area contributed by atoms with Gasteiger partial charge in [0.15, 0.2) is 5.11 Å². The number of rotatable bonds is 2. The summed E-state index contributed by atoms with van der Waals surface area (Å²) in [6, 6.07) is 8.48. The number of nitrogens with zero attached hydrogens (tertiary/aromatic N) is 1. The highest BCUT2D eigenvalue weighted by Gasteiger charge is 2.42. The fraction of sp³-hybridized carbons (Fsp3) is 0.562. The molecule has 4 heteroatoms. The highest BCUT2D eigenvalue weighted by Crippen LogP contribution is 2.35. The van der Waals surface area contributed by atoms with Gasteiger partial charge in [0.25, 0.3) is 0 Å². The molecule has 3 rings (SSSR count). The summed E-state index contributed by atoms with van der Waals surface area (Å²) in [5, 5.41) is 6.35. The molecule has 1 aromatic rings. The minimum Gasteiger partial charge on any atom is -0.342 e. The molecule has 1 saturated carbocycles. The van der Waals surface area contributed by atoms with Gasteiger partial charge in [-0.25, -0.2) is 5.43 Å². The predicted molar refractivity (Wildman–Crippen MR) is 87.5 cm³/mol. The Bertz CT molecular complexity index is 489. The number of benzene rings is 1. The van der Waals surface area contributed by atoms with E-state index in [0.717, 1.165) is 29.6 Å². The Morgan fingerprint density at radius 2 is 1.90 bits per heavy atom. The van der Waals surface area contributed by atoms with Crippen molar-refractivity contribution in [3.05, 3.63) is 29.8 Å². The van der Waals surface area contributed by atoms with Crippen LogP contribution in [0, 0.1) is 12.8 Å². The predicted octanol–water partition coefficient (Wildman–Crippen LogP) is 3.49. The van der Waals surface area contributed by atoms with E-state index in [2.05, 4.69) is 48.9 Å². The van der Waals surface area contributed by atoms with E-state index >= 15 is 0 Å². The van der Waals surface area contributed by atoms with Crippen molar-refractivity contribution in [2.45, 2.75) is 51.6 Å². The summed E-state index contributed by atoms with van der Waals surface area (Å²) in [4.78, 5) is 0. The SMILES string of the molecule is CCC1CCC2(CC1)NC(=S)N(c1ccc(C)cc1)N2. The molecule has 1 saturated heterocycles. The minimum atomic E-state index is -0.0202. The first-order chi connectivity index (χ1) is 9.62. The topological polar surface area (TPSA) is 27.3 Å². The van der Waals surface area contributed by atoms with E-state index in [0.29, 0.717) is 0 Å². The second-order valence-electron chi connectivity index (χ2n) is 6.15. The smallest absolute Gasteiger partial charge is 0.189 e. The van der Waals surface area contributed by atoms with Crippen molar-refractivity contribution in [2.24, 2.45) is 5.92 Å². The van der Waals surface area contributed by atoms with Gasteiger partial charge >= 0.3 is 0 Å². The lowest BCUT2D eigenvalue weighted by atomic mass is 9.81. The lowest BCUT2D eigenvalue weighted by Crippen LogP contribution is -2.53. The third-order valence-corrected chi connectivity index (χ3v) is 4.99. The molecule has 3 nitrogen and oxygen atoms in total. The first kappa shape index (κ1) is 13.8. The van der Waals surface area contributed by atoms with E-state index in [1.807, 2.05) is 5.01 Å². The van der Waals surface area contributed by atoms with Gasteiger partial charge in [0, 0.05) is 0 Å². The van der Waals surface area contributed by atoms with Crippen molar-refractivity contribution in [1.29, 1.82) is 0 Å². The van der Waals surface area contributed by atoms with Gasteiger partial charge < -0.3 is 5.32 Å². The molecule has 108 valence electrons. The molecule has 0 unspecified atom stereocenters. The Morgan fingerprint density at radius 3 is 2.50 bits per heavy atom. The van der Waals surface area contributed by atoms with Crippen molar-refractivity contribution >= 4 is 23.0 Å². The molecule has 0 amide bonds. The zero-order chi connectivity index (χ0) is 14.2. The number of aryl methyl sites for hydroxylation is 1. The van der Waals surface area contributed by atoms with Crippen molar-refractivity contribution in [2.75, 3.05) is 5.01 Å². The summed E-state index contributed by atoms with van der Waals surface area (Å²) in [6.45, 7) is 4.40. The fourth-order valence-electron chi connectivity index (χ4n) is 3.24. The molecule has 2 N–H and O–H groups in total. The lowest BCUT2D eigenvalue weighted by Gasteiger charge is -2.36. The molecule has 0 radical (unpaired) electrons. The molecule has 0 atom stereocenters. The second kappa shape index (κ2) is 5.34. The fourth-order valence-corrected chi connectivity index (χ4v) is 3.59. The van der Waals surface area contributed by atoms with Crippen molar-refractivity contribution in [3.8, 4) is 0 Å². The summed E-state index contributed by atoms with van der Waals surface area (Å²) in [5.74, 6) is 0.881. The zero-order valence-electron chi connectivity index (χ0n) is 12.3. The summed E-state index contributed by atoms with van der Waals surface area (Å²) in [7, 11) is 0. The van der Waals surface area contributed by atoms with Gasteiger partial charge in [-0.3, -0.25) is 5.01 Å². The van der Waals surface area contributed by atoms with Gasteiger partial charge in [-0.2, -0.15) is 0 Å². The standard InChI is InChI=1S/C16H23N3S/c1-3-13-8-10-16(11-9-13)17-15(20)19(18-16)14-6-4-12(2)5-7-14/h4-7,13,18H,3,8-11H2,1-2H3,(H,17,20). The average molecular weight is 289 g/mol. The number of thiocarbonyl (C=S) groups is 1. The van der Waals surface area contributed by atoms with Gasteiger partial charge in [-0.1, -0.05) is 31.0 Å². The van der Waals surface area contributed by atoms with Gasteiger partial charge in [-0.15, -0.1) is 0 Å². The molecule has 0 aromatic heterocycles. The summed E-state index contributed by atoms with van der Waals surface area (Å²) in [6.07, 6.45) is 6.14. The van der Waals surface area contributed by atoms with E-state index in [1.54, 1.807) is 0 Å². The third-order valence-electron chi connectivity index (χ3n) is 4.70. The number of hydrazine groups is 1. The first-order valence-electron chi connectivity index (χ1n) is 7.59. The van der Waals surface area contributed by atoms with Crippen LogP contribution in [0.2, 0.25) is 0 Å². The van der Waals surface area contributed by atoms with E-state index < -0.39 is 0 Å².